The number of rotatable bonds is 5. The topological polar surface area (TPSA) is 29.9 Å². The maximum atomic E-state index is 5.89. The highest BCUT2D eigenvalue weighted by atomic mass is 35.5. The first-order chi connectivity index (χ1) is 8.69. The molecule has 0 saturated carbocycles. The van der Waals surface area contributed by atoms with Crippen LogP contribution in [0.2, 0.25) is 5.02 Å². The van der Waals surface area contributed by atoms with Crippen LogP contribution < -0.4 is 5.32 Å². The van der Waals surface area contributed by atoms with Crippen molar-refractivity contribution in [3.63, 3.8) is 0 Å². The van der Waals surface area contributed by atoms with Gasteiger partial charge in [-0.25, -0.2) is 4.98 Å². The zero-order valence-electron chi connectivity index (χ0n) is 10.8. The zero-order chi connectivity index (χ0) is 13.0. The van der Waals surface area contributed by atoms with Gasteiger partial charge in [0.2, 0.25) is 5.95 Å². The van der Waals surface area contributed by atoms with E-state index in [2.05, 4.69) is 28.0 Å². The van der Waals surface area contributed by atoms with E-state index in [1.807, 2.05) is 31.2 Å². The quantitative estimate of drug-likeness (QED) is 0.891. The Bertz CT molecular complexity index is 502. The van der Waals surface area contributed by atoms with Crippen molar-refractivity contribution in [2.75, 3.05) is 11.9 Å². The molecule has 0 aliphatic carbocycles. The van der Waals surface area contributed by atoms with Gasteiger partial charge in [-0.15, -0.1) is 0 Å². The average Bonchev–Trinajstić information content (AvgIpc) is 2.70. The summed E-state index contributed by atoms with van der Waals surface area (Å²) in [6, 6.07) is 7.92. The normalized spacial score (nSPS) is 10.6. The number of nitrogens with zero attached hydrogens (tertiary/aromatic N) is 2. The molecule has 4 heteroatoms. The van der Waals surface area contributed by atoms with Crippen LogP contribution in [0.5, 0.6) is 0 Å². The van der Waals surface area contributed by atoms with Crippen LogP contribution in [0.4, 0.5) is 5.95 Å². The van der Waals surface area contributed by atoms with Crippen LogP contribution in [-0.4, -0.2) is 16.1 Å². The number of imidazole rings is 1. The van der Waals surface area contributed by atoms with Crippen molar-refractivity contribution in [2.24, 2.45) is 0 Å². The third kappa shape index (κ3) is 3.26. The van der Waals surface area contributed by atoms with Crippen LogP contribution in [0.1, 0.15) is 24.6 Å². The highest BCUT2D eigenvalue weighted by Gasteiger charge is 2.05. The molecule has 0 unspecified atom stereocenters. The fraction of sp³-hybridized carbons (Fsp3) is 0.357. The van der Waals surface area contributed by atoms with E-state index in [1.54, 1.807) is 0 Å². The first kappa shape index (κ1) is 13.0. The molecule has 0 spiro atoms. The van der Waals surface area contributed by atoms with Gasteiger partial charge in [0.05, 0.1) is 12.2 Å². The molecule has 0 atom stereocenters. The summed E-state index contributed by atoms with van der Waals surface area (Å²) < 4.78 is 2.13. The van der Waals surface area contributed by atoms with Crippen molar-refractivity contribution in [1.29, 1.82) is 0 Å². The highest BCUT2D eigenvalue weighted by molar-refractivity contribution is 6.30. The molecule has 0 amide bonds. The smallest absolute Gasteiger partial charge is 0.203 e. The van der Waals surface area contributed by atoms with E-state index in [0.717, 1.165) is 36.2 Å². The second-order valence-electron chi connectivity index (χ2n) is 4.39. The molecule has 2 aromatic rings. The SMILES string of the molecule is CCCNc1nc(C)cn1Cc1ccc(Cl)cc1. The largest absolute Gasteiger partial charge is 0.356 e. The van der Waals surface area contributed by atoms with Gasteiger partial charge in [-0.05, 0) is 31.0 Å². The second-order valence-corrected chi connectivity index (χ2v) is 4.82. The van der Waals surface area contributed by atoms with Crippen LogP contribution in [0.15, 0.2) is 30.5 Å². The molecule has 96 valence electrons. The number of halogens is 1. The number of nitrogens with one attached hydrogen (secondary N) is 1. The van der Waals surface area contributed by atoms with Gasteiger partial charge >= 0.3 is 0 Å². The summed E-state index contributed by atoms with van der Waals surface area (Å²) in [7, 11) is 0. The molecule has 1 heterocycles. The summed E-state index contributed by atoms with van der Waals surface area (Å²) in [6.07, 6.45) is 3.15. The van der Waals surface area contributed by atoms with Crippen LogP contribution in [-0.2, 0) is 6.54 Å². The lowest BCUT2D eigenvalue weighted by Gasteiger charge is -2.09. The van der Waals surface area contributed by atoms with Gasteiger partial charge in [-0.3, -0.25) is 0 Å². The second kappa shape index (κ2) is 5.91. The highest BCUT2D eigenvalue weighted by Crippen LogP contribution is 2.14. The summed E-state index contributed by atoms with van der Waals surface area (Å²) in [6.45, 7) is 5.91. The van der Waals surface area contributed by atoms with Crippen LogP contribution in [0.25, 0.3) is 0 Å². The summed E-state index contributed by atoms with van der Waals surface area (Å²) in [4.78, 5) is 4.49. The molecule has 3 nitrogen and oxygen atoms in total. The van der Waals surface area contributed by atoms with E-state index in [4.69, 9.17) is 11.6 Å². The Balaban J connectivity index is 2.14. The minimum Gasteiger partial charge on any atom is -0.356 e. The van der Waals surface area contributed by atoms with Crippen LogP contribution in [0.3, 0.4) is 0 Å². The average molecular weight is 264 g/mol. The minimum absolute atomic E-state index is 0.768. The Hall–Kier alpha value is -1.48. The molecule has 0 saturated heterocycles. The number of aryl methyl sites for hydroxylation is 1. The van der Waals surface area contributed by atoms with E-state index < -0.39 is 0 Å². The van der Waals surface area contributed by atoms with Gasteiger partial charge in [-0.2, -0.15) is 0 Å². The molecule has 1 N–H and O–H groups in total. The van der Waals surface area contributed by atoms with E-state index in [0.29, 0.717) is 0 Å². The molecule has 1 aromatic heterocycles. The predicted octanol–water partition coefficient (Wildman–Crippen LogP) is 3.72. The van der Waals surface area contributed by atoms with Gasteiger partial charge in [0.1, 0.15) is 0 Å². The molecule has 0 fully saturated rings. The molecule has 0 aliphatic rings. The van der Waals surface area contributed by atoms with E-state index in [1.165, 1.54) is 5.56 Å². The standard InChI is InChI=1S/C14H18ClN3/c1-3-8-16-14-17-11(2)9-18(14)10-12-4-6-13(15)7-5-12/h4-7,9H,3,8,10H2,1-2H3,(H,16,17). The lowest BCUT2D eigenvalue weighted by molar-refractivity contribution is 0.792. The first-order valence-electron chi connectivity index (χ1n) is 6.21. The lowest BCUT2D eigenvalue weighted by Crippen LogP contribution is -2.08. The van der Waals surface area contributed by atoms with Gasteiger partial charge in [-0.1, -0.05) is 30.7 Å². The van der Waals surface area contributed by atoms with Crippen molar-refractivity contribution < 1.29 is 0 Å². The summed E-state index contributed by atoms with van der Waals surface area (Å²) >= 11 is 5.89. The molecule has 0 bridgehead atoms. The maximum Gasteiger partial charge on any atom is 0.203 e. The van der Waals surface area contributed by atoms with E-state index >= 15 is 0 Å². The van der Waals surface area contributed by atoms with Crippen molar-refractivity contribution in [3.8, 4) is 0 Å². The van der Waals surface area contributed by atoms with Crippen molar-refractivity contribution >= 4 is 17.5 Å². The Morgan fingerprint density at radius 3 is 2.67 bits per heavy atom. The molecule has 18 heavy (non-hydrogen) atoms. The minimum atomic E-state index is 0.768. The molecular formula is C14H18ClN3. The molecule has 1 aromatic carbocycles. The van der Waals surface area contributed by atoms with Crippen molar-refractivity contribution in [3.05, 3.63) is 46.7 Å². The lowest BCUT2D eigenvalue weighted by atomic mass is 10.2. The summed E-state index contributed by atoms with van der Waals surface area (Å²) in [5.74, 6) is 0.935. The van der Waals surface area contributed by atoms with E-state index in [-0.39, 0.29) is 0 Å². The number of benzene rings is 1. The predicted molar refractivity (Wildman–Crippen MR) is 76.3 cm³/mol. The Labute approximate surface area is 113 Å². The van der Waals surface area contributed by atoms with Gasteiger partial charge in [0, 0.05) is 17.8 Å². The molecule has 0 radical (unpaired) electrons. The van der Waals surface area contributed by atoms with Gasteiger partial charge < -0.3 is 9.88 Å². The summed E-state index contributed by atoms with van der Waals surface area (Å²) in [5, 5.41) is 4.11. The Kier molecular flexibility index (Phi) is 4.26. The van der Waals surface area contributed by atoms with Crippen LogP contribution in [0, 0.1) is 6.92 Å². The number of anilines is 1. The van der Waals surface area contributed by atoms with E-state index in [9.17, 15) is 0 Å². The Morgan fingerprint density at radius 1 is 1.28 bits per heavy atom. The third-order valence-electron chi connectivity index (χ3n) is 2.70. The maximum absolute atomic E-state index is 5.89. The number of hydrogen-bond acceptors (Lipinski definition) is 2. The molecule has 0 aliphatic heterocycles. The fourth-order valence-electron chi connectivity index (χ4n) is 1.83. The zero-order valence-corrected chi connectivity index (χ0v) is 11.5. The first-order valence-corrected chi connectivity index (χ1v) is 6.59. The molecular weight excluding hydrogens is 246 g/mol. The monoisotopic (exact) mass is 263 g/mol. The fourth-order valence-corrected chi connectivity index (χ4v) is 1.96. The molecule has 2 rings (SSSR count). The van der Waals surface area contributed by atoms with Crippen molar-refractivity contribution in [2.45, 2.75) is 26.8 Å². The van der Waals surface area contributed by atoms with Gasteiger partial charge in [0.25, 0.3) is 0 Å². The van der Waals surface area contributed by atoms with Gasteiger partial charge in [0.15, 0.2) is 0 Å². The number of hydrogen-bond donors (Lipinski definition) is 1. The third-order valence-corrected chi connectivity index (χ3v) is 2.95. The number of aromatic nitrogens is 2. The summed E-state index contributed by atoms with van der Waals surface area (Å²) in [5.41, 5.74) is 2.25. The van der Waals surface area contributed by atoms with Crippen molar-refractivity contribution in [1.82, 2.24) is 9.55 Å². The van der Waals surface area contributed by atoms with Crippen LogP contribution >= 0.6 is 11.6 Å². The Morgan fingerprint density at radius 2 is 2.00 bits per heavy atom.